The number of hydrogen-bond donors (Lipinski definition) is 2. The van der Waals surface area contributed by atoms with E-state index < -0.39 is 0 Å². The van der Waals surface area contributed by atoms with Crippen LogP contribution < -0.4 is 15.8 Å². The van der Waals surface area contributed by atoms with Gasteiger partial charge in [-0.1, -0.05) is 18.2 Å². The molecule has 0 radical (unpaired) electrons. The van der Waals surface area contributed by atoms with Crippen LogP contribution in [0.15, 0.2) is 42.5 Å². The second kappa shape index (κ2) is 6.80. The largest absolute Gasteiger partial charge is 0.492 e. The highest BCUT2D eigenvalue weighted by molar-refractivity contribution is 5.72. The number of nitrogen functional groups attached to an aromatic ring is 1. The van der Waals surface area contributed by atoms with E-state index in [-0.39, 0.29) is 5.82 Å². The van der Waals surface area contributed by atoms with Crippen LogP contribution in [-0.2, 0) is 6.42 Å². The first-order chi connectivity index (χ1) is 9.70. The van der Waals surface area contributed by atoms with Gasteiger partial charge in [0.2, 0.25) is 0 Å². The molecule has 0 aliphatic carbocycles. The summed E-state index contributed by atoms with van der Waals surface area (Å²) in [5, 5.41) is 3.28. The summed E-state index contributed by atoms with van der Waals surface area (Å²) in [6.07, 6.45) is 0.804. The number of anilines is 2. The number of rotatable bonds is 6. The summed E-state index contributed by atoms with van der Waals surface area (Å²) in [5.74, 6) is 0.481. The Balaban J connectivity index is 1.94. The van der Waals surface area contributed by atoms with E-state index in [2.05, 4.69) is 5.32 Å². The van der Waals surface area contributed by atoms with E-state index in [0.717, 1.165) is 24.2 Å². The standard InChI is InChI=1S/C16H19FN2O/c1-2-20-15-5-3-4-14(16(15)18)19-11-10-12-6-8-13(17)9-7-12/h3-9,19H,2,10-11,18H2,1H3. The van der Waals surface area contributed by atoms with Crippen LogP contribution in [0.2, 0.25) is 0 Å². The third-order valence-electron chi connectivity index (χ3n) is 3.01. The van der Waals surface area contributed by atoms with Gasteiger partial charge in [-0.3, -0.25) is 0 Å². The molecule has 0 heterocycles. The molecule has 0 unspecified atom stereocenters. The van der Waals surface area contributed by atoms with Crippen LogP contribution in [0.1, 0.15) is 12.5 Å². The molecule has 0 spiro atoms. The summed E-state index contributed by atoms with van der Waals surface area (Å²) in [6.45, 7) is 3.24. The van der Waals surface area contributed by atoms with Gasteiger partial charge in [0.1, 0.15) is 11.6 Å². The molecule has 0 atom stereocenters. The lowest BCUT2D eigenvalue weighted by molar-refractivity contribution is 0.342. The number of hydrogen-bond acceptors (Lipinski definition) is 3. The molecule has 3 nitrogen and oxygen atoms in total. The van der Waals surface area contributed by atoms with Crippen molar-refractivity contribution in [1.29, 1.82) is 0 Å². The van der Waals surface area contributed by atoms with Crippen LogP contribution >= 0.6 is 0 Å². The summed E-state index contributed by atoms with van der Waals surface area (Å²) < 4.78 is 18.2. The van der Waals surface area contributed by atoms with Gasteiger partial charge < -0.3 is 15.8 Å². The minimum Gasteiger partial charge on any atom is -0.492 e. The molecule has 2 aromatic rings. The summed E-state index contributed by atoms with van der Waals surface area (Å²) >= 11 is 0. The SMILES string of the molecule is CCOc1cccc(NCCc2ccc(F)cc2)c1N. The Morgan fingerprint density at radius 1 is 1.15 bits per heavy atom. The fraction of sp³-hybridized carbons (Fsp3) is 0.250. The van der Waals surface area contributed by atoms with Gasteiger partial charge in [-0.2, -0.15) is 0 Å². The van der Waals surface area contributed by atoms with Crippen LogP contribution in [0.3, 0.4) is 0 Å². The summed E-state index contributed by atoms with van der Waals surface area (Å²) in [5.41, 5.74) is 8.59. The maximum atomic E-state index is 12.8. The van der Waals surface area contributed by atoms with Crippen LogP contribution in [0.5, 0.6) is 5.75 Å². The Morgan fingerprint density at radius 3 is 2.60 bits per heavy atom. The van der Waals surface area contributed by atoms with E-state index in [1.807, 2.05) is 25.1 Å². The van der Waals surface area contributed by atoms with E-state index in [9.17, 15) is 4.39 Å². The fourth-order valence-corrected chi connectivity index (χ4v) is 1.97. The van der Waals surface area contributed by atoms with E-state index in [1.54, 1.807) is 12.1 Å². The third kappa shape index (κ3) is 3.63. The zero-order valence-electron chi connectivity index (χ0n) is 11.5. The summed E-state index contributed by atoms with van der Waals surface area (Å²) in [6, 6.07) is 12.2. The third-order valence-corrected chi connectivity index (χ3v) is 3.01. The van der Waals surface area contributed by atoms with Crippen molar-refractivity contribution >= 4 is 11.4 Å². The fourth-order valence-electron chi connectivity index (χ4n) is 1.97. The maximum Gasteiger partial charge on any atom is 0.144 e. The molecule has 4 heteroatoms. The summed E-state index contributed by atoms with van der Waals surface area (Å²) in [7, 11) is 0. The number of nitrogens with two attached hydrogens (primary N) is 1. The van der Waals surface area contributed by atoms with Crippen molar-refractivity contribution in [3.8, 4) is 5.75 Å². The van der Waals surface area contributed by atoms with Crippen LogP contribution in [0.25, 0.3) is 0 Å². The first-order valence-electron chi connectivity index (χ1n) is 6.70. The molecule has 0 saturated carbocycles. The normalized spacial score (nSPS) is 10.3. The van der Waals surface area contributed by atoms with Gasteiger partial charge in [0.05, 0.1) is 18.0 Å². The Morgan fingerprint density at radius 2 is 1.90 bits per heavy atom. The average molecular weight is 274 g/mol. The summed E-state index contributed by atoms with van der Waals surface area (Å²) in [4.78, 5) is 0. The van der Waals surface area contributed by atoms with E-state index in [0.29, 0.717) is 18.0 Å². The van der Waals surface area contributed by atoms with Gasteiger partial charge in [0.25, 0.3) is 0 Å². The predicted octanol–water partition coefficient (Wildman–Crippen LogP) is 3.46. The lowest BCUT2D eigenvalue weighted by Gasteiger charge is -2.13. The van der Waals surface area contributed by atoms with Crippen molar-refractivity contribution in [2.75, 3.05) is 24.2 Å². The molecule has 3 N–H and O–H groups in total. The average Bonchev–Trinajstić information content (AvgIpc) is 2.45. The molecule has 0 fully saturated rings. The van der Waals surface area contributed by atoms with E-state index >= 15 is 0 Å². The Hall–Kier alpha value is -2.23. The van der Waals surface area contributed by atoms with Crippen molar-refractivity contribution < 1.29 is 9.13 Å². The topological polar surface area (TPSA) is 47.3 Å². The quantitative estimate of drug-likeness (QED) is 0.793. The second-order valence-electron chi connectivity index (χ2n) is 4.45. The van der Waals surface area contributed by atoms with Gasteiger partial charge in [-0.15, -0.1) is 0 Å². The van der Waals surface area contributed by atoms with Gasteiger partial charge in [-0.25, -0.2) is 4.39 Å². The van der Waals surface area contributed by atoms with Gasteiger partial charge in [0.15, 0.2) is 0 Å². The van der Waals surface area contributed by atoms with Crippen molar-refractivity contribution in [3.63, 3.8) is 0 Å². The molecule has 20 heavy (non-hydrogen) atoms. The molecule has 0 bridgehead atoms. The monoisotopic (exact) mass is 274 g/mol. The molecule has 0 aromatic heterocycles. The molecule has 2 rings (SSSR count). The van der Waals surface area contributed by atoms with Crippen LogP contribution in [0.4, 0.5) is 15.8 Å². The number of ether oxygens (including phenoxy) is 1. The molecular weight excluding hydrogens is 255 g/mol. The van der Waals surface area contributed by atoms with Gasteiger partial charge >= 0.3 is 0 Å². The zero-order valence-corrected chi connectivity index (χ0v) is 11.5. The van der Waals surface area contributed by atoms with E-state index in [4.69, 9.17) is 10.5 Å². The highest BCUT2D eigenvalue weighted by Gasteiger charge is 2.05. The smallest absolute Gasteiger partial charge is 0.144 e. The lowest BCUT2D eigenvalue weighted by Crippen LogP contribution is -2.08. The van der Waals surface area contributed by atoms with Crippen molar-refractivity contribution in [2.45, 2.75) is 13.3 Å². The molecule has 0 aliphatic rings. The highest BCUT2D eigenvalue weighted by atomic mass is 19.1. The molecular formula is C16H19FN2O. The van der Waals surface area contributed by atoms with Crippen LogP contribution in [-0.4, -0.2) is 13.2 Å². The molecule has 0 aliphatic heterocycles. The highest BCUT2D eigenvalue weighted by Crippen LogP contribution is 2.29. The minimum atomic E-state index is -0.213. The van der Waals surface area contributed by atoms with Crippen molar-refractivity contribution in [1.82, 2.24) is 0 Å². The first kappa shape index (κ1) is 14.2. The molecule has 2 aromatic carbocycles. The number of benzene rings is 2. The maximum absolute atomic E-state index is 12.8. The first-order valence-corrected chi connectivity index (χ1v) is 6.70. The number of halogens is 1. The molecule has 0 amide bonds. The zero-order chi connectivity index (χ0) is 14.4. The second-order valence-corrected chi connectivity index (χ2v) is 4.45. The molecule has 106 valence electrons. The van der Waals surface area contributed by atoms with Crippen molar-refractivity contribution in [3.05, 3.63) is 53.8 Å². The minimum absolute atomic E-state index is 0.213. The van der Waals surface area contributed by atoms with Gasteiger partial charge in [0, 0.05) is 6.54 Å². The predicted molar refractivity (Wildman–Crippen MR) is 80.6 cm³/mol. The lowest BCUT2D eigenvalue weighted by atomic mass is 10.1. The Kier molecular flexibility index (Phi) is 4.82. The number of nitrogens with one attached hydrogen (secondary N) is 1. The van der Waals surface area contributed by atoms with Crippen LogP contribution in [0, 0.1) is 5.82 Å². The molecule has 0 saturated heterocycles. The van der Waals surface area contributed by atoms with E-state index in [1.165, 1.54) is 12.1 Å². The Labute approximate surface area is 118 Å². The van der Waals surface area contributed by atoms with Gasteiger partial charge in [-0.05, 0) is 43.2 Å². The van der Waals surface area contributed by atoms with Crippen molar-refractivity contribution in [2.24, 2.45) is 0 Å². The Bertz CT molecular complexity index is 555. The number of para-hydroxylation sites is 1.